The number of benzene rings is 4. The third-order valence-electron chi connectivity index (χ3n) is 5.95. The molecule has 2 nitrogen and oxygen atoms in total. The Bertz CT molecular complexity index is 1030. The number of hydrogen-bond donors (Lipinski definition) is 0. The summed E-state index contributed by atoms with van der Waals surface area (Å²) in [6, 6.07) is 39.4. The molecular weight excluding hydrogens is 387 g/mol. The Balaban J connectivity index is 1.79. The molecule has 1 aliphatic rings. The van der Waals surface area contributed by atoms with Crippen molar-refractivity contribution in [3.8, 4) is 11.5 Å². The zero-order valence-corrected chi connectivity index (χ0v) is 17.8. The number of rotatable bonds is 5. The summed E-state index contributed by atoms with van der Waals surface area (Å²) < 4.78 is 11.3. The van der Waals surface area contributed by atoms with Crippen molar-refractivity contribution in [2.24, 2.45) is 0 Å². The van der Waals surface area contributed by atoms with Gasteiger partial charge in [-0.3, -0.25) is 0 Å². The lowest BCUT2D eigenvalue weighted by molar-refractivity contribution is 0.174. The molecule has 0 saturated carbocycles. The van der Waals surface area contributed by atoms with Crippen LogP contribution in [0, 0.1) is 0 Å². The van der Waals surface area contributed by atoms with E-state index in [0.717, 1.165) is 11.5 Å². The molecule has 0 radical (unpaired) electrons. The lowest BCUT2D eigenvalue weighted by Gasteiger charge is -2.33. The lowest BCUT2D eigenvalue weighted by atomic mass is 10.1. The van der Waals surface area contributed by atoms with E-state index in [9.17, 15) is 0 Å². The van der Waals surface area contributed by atoms with Gasteiger partial charge in [-0.25, -0.2) is 0 Å². The molecule has 4 aromatic rings. The van der Waals surface area contributed by atoms with Gasteiger partial charge >= 0.3 is 0 Å². The van der Waals surface area contributed by atoms with E-state index >= 15 is 0 Å². The molecule has 30 heavy (non-hydrogen) atoms. The summed E-state index contributed by atoms with van der Waals surface area (Å²) in [7, 11) is -1.99. The van der Waals surface area contributed by atoms with Gasteiger partial charge in [0.2, 0.25) is 6.79 Å². The molecule has 3 heteroatoms. The third-order valence-corrected chi connectivity index (χ3v) is 10.7. The minimum atomic E-state index is -1.99. The van der Waals surface area contributed by atoms with Crippen molar-refractivity contribution in [2.45, 2.75) is 12.6 Å². The van der Waals surface area contributed by atoms with Crippen LogP contribution in [0.3, 0.4) is 0 Å². The molecule has 0 amide bonds. The van der Waals surface area contributed by atoms with E-state index in [2.05, 4.69) is 110 Å². The maximum atomic E-state index is 5.71. The Kier molecular flexibility index (Phi) is 5.02. The van der Waals surface area contributed by atoms with Crippen LogP contribution >= 0.6 is 7.26 Å². The maximum absolute atomic E-state index is 5.71. The van der Waals surface area contributed by atoms with E-state index in [4.69, 9.17) is 9.47 Å². The Labute approximate surface area is 178 Å². The second-order valence-corrected chi connectivity index (χ2v) is 11.3. The highest BCUT2D eigenvalue weighted by atomic mass is 31.2. The molecule has 1 atom stereocenters. The Morgan fingerprint density at radius 2 is 1.07 bits per heavy atom. The van der Waals surface area contributed by atoms with Gasteiger partial charge in [0.1, 0.15) is 28.8 Å². The van der Waals surface area contributed by atoms with Crippen molar-refractivity contribution in [2.75, 3.05) is 6.79 Å². The highest BCUT2D eigenvalue weighted by Gasteiger charge is 2.51. The fourth-order valence-corrected chi connectivity index (χ4v) is 9.28. The molecule has 0 aliphatic carbocycles. The SMILES string of the molecule is CC(c1ccc2c(c1)OCO2)[P+](c1ccccc1)(c1ccccc1)c1ccccc1. The van der Waals surface area contributed by atoms with Gasteiger partial charge in [0.05, 0.1) is 0 Å². The summed E-state index contributed by atoms with van der Waals surface area (Å²) in [6.45, 7) is 2.65. The van der Waals surface area contributed by atoms with Gasteiger partial charge in [-0.2, -0.15) is 0 Å². The van der Waals surface area contributed by atoms with E-state index in [1.165, 1.54) is 21.5 Å². The average molecular weight is 411 g/mol. The van der Waals surface area contributed by atoms with Crippen LogP contribution in [0.4, 0.5) is 0 Å². The Morgan fingerprint density at radius 1 is 0.600 bits per heavy atom. The molecule has 1 unspecified atom stereocenters. The zero-order chi connectivity index (χ0) is 20.4. The minimum Gasteiger partial charge on any atom is -0.454 e. The highest BCUT2D eigenvalue weighted by Crippen LogP contribution is 2.66. The van der Waals surface area contributed by atoms with Gasteiger partial charge in [0.15, 0.2) is 11.5 Å². The van der Waals surface area contributed by atoms with Gasteiger partial charge in [-0.1, -0.05) is 60.7 Å². The molecule has 1 aliphatic heterocycles. The molecule has 4 aromatic carbocycles. The first kappa shape index (κ1) is 18.9. The third kappa shape index (κ3) is 3.09. The predicted molar refractivity (Wildman–Crippen MR) is 126 cm³/mol. The first-order valence-corrected chi connectivity index (χ1v) is 12.1. The van der Waals surface area contributed by atoms with Crippen molar-refractivity contribution in [1.82, 2.24) is 0 Å². The summed E-state index contributed by atoms with van der Waals surface area (Å²) in [5, 5.41) is 4.15. The molecule has 0 aromatic heterocycles. The monoisotopic (exact) mass is 411 g/mol. The lowest BCUT2D eigenvalue weighted by Crippen LogP contribution is -2.34. The van der Waals surface area contributed by atoms with Crippen LogP contribution in [0.5, 0.6) is 11.5 Å². The second kappa shape index (κ2) is 7.97. The molecule has 0 N–H and O–H groups in total. The van der Waals surface area contributed by atoms with E-state index in [-0.39, 0.29) is 5.66 Å². The van der Waals surface area contributed by atoms with Crippen LogP contribution in [-0.2, 0) is 0 Å². The first-order chi connectivity index (χ1) is 14.8. The highest BCUT2D eigenvalue weighted by molar-refractivity contribution is 7.95. The summed E-state index contributed by atoms with van der Waals surface area (Å²) in [5.41, 5.74) is 1.53. The van der Waals surface area contributed by atoms with Gasteiger partial charge in [0.25, 0.3) is 0 Å². The number of ether oxygens (including phenoxy) is 2. The van der Waals surface area contributed by atoms with Crippen molar-refractivity contribution < 1.29 is 9.47 Å². The summed E-state index contributed by atoms with van der Waals surface area (Å²) in [6.07, 6.45) is 0. The molecule has 0 saturated heterocycles. The predicted octanol–water partition coefficient (Wildman–Crippen LogP) is 5.47. The molecule has 1 heterocycles. The number of hydrogen-bond acceptors (Lipinski definition) is 2. The zero-order valence-electron chi connectivity index (χ0n) is 16.9. The average Bonchev–Trinajstić information content (AvgIpc) is 3.30. The topological polar surface area (TPSA) is 18.5 Å². The molecule has 5 rings (SSSR count). The van der Waals surface area contributed by atoms with Crippen LogP contribution in [-0.4, -0.2) is 6.79 Å². The van der Waals surface area contributed by atoms with E-state index < -0.39 is 7.26 Å². The van der Waals surface area contributed by atoms with Crippen molar-refractivity contribution >= 4 is 23.2 Å². The maximum Gasteiger partial charge on any atom is 0.231 e. The van der Waals surface area contributed by atoms with Crippen LogP contribution in [0.2, 0.25) is 0 Å². The second-order valence-electron chi connectivity index (χ2n) is 7.52. The Hall–Kier alpha value is -3.09. The van der Waals surface area contributed by atoms with Crippen molar-refractivity contribution in [3.05, 3.63) is 115 Å². The van der Waals surface area contributed by atoms with Crippen molar-refractivity contribution in [1.29, 1.82) is 0 Å². The molecule has 0 fully saturated rings. The largest absolute Gasteiger partial charge is 0.454 e. The molecular formula is C27H24O2P+. The molecule has 148 valence electrons. The van der Waals surface area contributed by atoms with Gasteiger partial charge in [0, 0.05) is 0 Å². The quantitative estimate of drug-likeness (QED) is 0.406. The van der Waals surface area contributed by atoms with Gasteiger partial charge in [-0.05, 0) is 61.0 Å². The molecule has 0 spiro atoms. The summed E-state index contributed by atoms with van der Waals surface area (Å²) >= 11 is 0. The normalized spacial score (nSPS) is 13.8. The van der Waals surface area contributed by atoms with E-state index in [1.807, 2.05) is 6.07 Å². The van der Waals surface area contributed by atoms with Crippen LogP contribution in [0.15, 0.2) is 109 Å². The number of fused-ring (bicyclic) bond motifs is 1. The van der Waals surface area contributed by atoms with Crippen LogP contribution in [0.25, 0.3) is 0 Å². The van der Waals surface area contributed by atoms with E-state index in [0.29, 0.717) is 6.79 Å². The fraction of sp³-hybridized carbons (Fsp3) is 0.111. The van der Waals surface area contributed by atoms with Gasteiger partial charge in [-0.15, -0.1) is 0 Å². The summed E-state index contributed by atoms with van der Waals surface area (Å²) in [5.74, 6) is 1.67. The standard InChI is InChI=1S/C27H24O2P/c1-21(22-17-18-26-27(19-22)29-20-28-26)30(23-11-5-2-6-12-23,24-13-7-3-8-14-24)25-15-9-4-10-16-25/h2-19,21H,20H2,1H3/q+1. The van der Waals surface area contributed by atoms with Crippen molar-refractivity contribution in [3.63, 3.8) is 0 Å². The first-order valence-electron chi connectivity index (χ1n) is 10.3. The molecule has 0 bridgehead atoms. The summed E-state index contributed by atoms with van der Waals surface area (Å²) in [4.78, 5) is 0. The Morgan fingerprint density at radius 3 is 1.57 bits per heavy atom. The minimum absolute atomic E-state index is 0.263. The van der Waals surface area contributed by atoms with Crippen LogP contribution < -0.4 is 25.4 Å². The smallest absolute Gasteiger partial charge is 0.231 e. The van der Waals surface area contributed by atoms with Gasteiger partial charge < -0.3 is 9.47 Å². The van der Waals surface area contributed by atoms with Crippen LogP contribution in [0.1, 0.15) is 18.1 Å². The van der Waals surface area contributed by atoms with E-state index in [1.54, 1.807) is 0 Å². The fourth-order valence-electron chi connectivity index (χ4n) is 4.50.